The lowest BCUT2D eigenvalue weighted by Crippen LogP contribution is -2.27. The van der Waals surface area contributed by atoms with E-state index in [1.165, 1.54) is 12.8 Å². The first-order valence-electron chi connectivity index (χ1n) is 8.37. The van der Waals surface area contributed by atoms with Crippen molar-refractivity contribution in [1.82, 2.24) is 14.9 Å². The van der Waals surface area contributed by atoms with Crippen LogP contribution in [-0.2, 0) is 6.54 Å². The topological polar surface area (TPSA) is 50.2 Å². The van der Waals surface area contributed by atoms with Crippen molar-refractivity contribution < 1.29 is 4.79 Å². The fourth-order valence-electron chi connectivity index (χ4n) is 3.02. The van der Waals surface area contributed by atoms with Gasteiger partial charge in [0.1, 0.15) is 0 Å². The summed E-state index contributed by atoms with van der Waals surface area (Å²) in [6, 6.07) is 5.56. The molecular formula is C18H23ClN4O. The lowest BCUT2D eigenvalue weighted by Gasteiger charge is -2.19. The Balaban J connectivity index is 1.58. The van der Waals surface area contributed by atoms with Gasteiger partial charge in [-0.2, -0.15) is 0 Å². The van der Waals surface area contributed by atoms with Crippen LogP contribution in [0.2, 0.25) is 5.02 Å². The molecule has 1 aliphatic heterocycles. The van der Waals surface area contributed by atoms with Gasteiger partial charge >= 0.3 is 0 Å². The van der Waals surface area contributed by atoms with Gasteiger partial charge in [-0.3, -0.25) is 4.79 Å². The van der Waals surface area contributed by atoms with Crippen LogP contribution in [0.25, 0.3) is 0 Å². The van der Waals surface area contributed by atoms with Gasteiger partial charge in [0.2, 0.25) is 0 Å². The number of hydrogen-bond donors (Lipinski definition) is 1. The van der Waals surface area contributed by atoms with Gasteiger partial charge in [0.15, 0.2) is 0 Å². The number of anilines is 1. The molecule has 0 aliphatic carbocycles. The fourth-order valence-corrected chi connectivity index (χ4v) is 3.32. The Labute approximate surface area is 147 Å². The molecule has 1 amide bonds. The van der Waals surface area contributed by atoms with Crippen molar-refractivity contribution in [3.8, 4) is 0 Å². The second-order valence-electron chi connectivity index (χ2n) is 6.23. The number of carbonyl (C=O) groups excluding carboxylic acids is 1. The molecule has 0 bridgehead atoms. The van der Waals surface area contributed by atoms with Crippen LogP contribution in [0.15, 0.2) is 24.5 Å². The van der Waals surface area contributed by atoms with Gasteiger partial charge in [0.25, 0.3) is 5.91 Å². The number of halogens is 1. The first-order valence-corrected chi connectivity index (χ1v) is 8.75. The number of aryl methyl sites for hydroxylation is 1. The predicted octanol–water partition coefficient (Wildman–Crippen LogP) is 3.18. The Hall–Kier alpha value is -2.01. The highest BCUT2D eigenvalue weighted by atomic mass is 35.5. The molecule has 0 unspecified atom stereocenters. The van der Waals surface area contributed by atoms with Crippen LogP contribution < -0.4 is 10.2 Å². The van der Waals surface area contributed by atoms with Crippen molar-refractivity contribution >= 4 is 23.2 Å². The van der Waals surface area contributed by atoms with E-state index in [2.05, 4.69) is 15.2 Å². The number of benzene rings is 1. The first kappa shape index (κ1) is 16.8. The fraction of sp³-hybridized carbons (Fsp3) is 0.444. The summed E-state index contributed by atoms with van der Waals surface area (Å²) in [5, 5.41) is 3.58. The molecule has 1 aromatic heterocycles. The van der Waals surface area contributed by atoms with Crippen LogP contribution in [0.3, 0.4) is 0 Å². The van der Waals surface area contributed by atoms with Crippen molar-refractivity contribution in [1.29, 1.82) is 0 Å². The van der Waals surface area contributed by atoms with Crippen molar-refractivity contribution in [3.05, 3.63) is 46.5 Å². The summed E-state index contributed by atoms with van der Waals surface area (Å²) < 4.78 is 2.04. The quantitative estimate of drug-likeness (QED) is 0.904. The second kappa shape index (κ2) is 7.26. The Morgan fingerprint density at radius 2 is 2.04 bits per heavy atom. The third-order valence-corrected chi connectivity index (χ3v) is 4.94. The Kier molecular flexibility index (Phi) is 5.09. The molecule has 1 saturated heterocycles. The molecule has 0 radical (unpaired) electrons. The summed E-state index contributed by atoms with van der Waals surface area (Å²) in [6.07, 6.45) is 4.20. The third-order valence-electron chi connectivity index (χ3n) is 4.64. The highest BCUT2D eigenvalue weighted by Gasteiger charge is 2.16. The summed E-state index contributed by atoms with van der Waals surface area (Å²) in [4.78, 5) is 18.8. The van der Waals surface area contributed by atoms with Crippen molar-refractivity contribution in [2.45, 2.75) is 33.2 Å². The third kappa shape index (κ3) is 3.56. The van der Waals surface area contributed by atoms with Gasteiger partial charge in [-0.25, -0.2) is 4.98 Å². The molecule has 6 heteroatoms. The molecule has 3 rings (SSSR count). The second-order valence-corrected chi connectivity index (χ2v) is 6.63. The maximum absolute atomic E-state index is 12.3. The van der Waals surface area contributed by atoms with Gasteiger partial charge in [0.05, 0.1) is 22.7 Å². The molecule has 0 spiro atoms. The molecule has 5 nitrogen and oxygen atoms in total. The molecular weight excluding hydrogens is 324 g/mol. The highest BCUT2D eigenvalue weighted by Crippen LogP contribution is 2.29. The molecule has 2 heterocycles. The Morgan fingerprint density at radius 1 is 1.29 bits per heavy atom. The summed E-state index contributed by atoms with van der Waals surface area (Å²) >= 11 is 6.37. The van der Waals surface area contributed by atoms with Gasteiger partial charge < -0.3 is 14.8 Å². The van der Waals surface area contributed by atoms with Gasteiger partial charge in [0, 0.05) is 37.4 Å². The lowest BCUT2D eigenvalue weighted by atomic mass is 10.2. The van der Waals surface area contributed by atoms with Crippen LogP contribution in [0.4, 0.5) is 5.69 Å². The van der Waals surface area contributed by atoms with Crippen molar-refractivity contribution in [2.24, 2.45) is 0 Å². The van der Waals surface area contributed by atoms with Gasteiger partial charge in [-0.05, 0) is 44.9 Å². The molecule has 1 aliphatic rings. The smallest absolute Gasteiger partial charge is 0.251 e. The van der Waals surface area contributed by atoms with Crippen LogP contribution >= 0.6 is 11.6 Å². The number of carbonyl (C=O) groups is 1. The van der Waals surface area contributed by atoms with E-state index >= 15 is 0 Å². The normalized spacial score (nSPS) is 14.2. The standard InChI is InChI=1S/C18H23ClN4O/c1-13-14(2)23(12-21-13)10-7-20-18(24)15-5-6-17(16(19)11-15)22-8-3-4-9-22/h5-6,11-12H,3-4,7-10H2,1-2H3,(H,20,24). The van der Waals surface area contributed by atoms with Crippen molar-refractivity contribution in [3.63, 3.8) is 0 Å². The van der Waals surface area contributed by atoms with Gasteiger partial charge in [-0.15, -0.1) is 0 Å². The number of amides is 1. The van der Waals surface area contributed by atoms with E-state index < -0.39 is 0 Å². The maximum atomic E-state index is 12.3. The monoisotopic (exact) mass is 346 g/mol. The highest BCUT2D eigenvalue weighted by molar-refractivity contribution is 6.33. The Morgan fingerprint density at radius 3 is 2.67 bits per heavy atom. The van der Waals surface area contributed by atoms with E-state index in [1.54, 1.807) is 12.4 Å². The summed E-state index contributed by atoms with van der Waals surface area (Å²) in [5.41, 5.74) is 3.77. The van der Waals surface area contributed by atoms with E-state index in [0.717, 1.165) is 30.2 Å². The summed E-state index contributed by atoms with van der Waals surface area (Å²) in [7, 11) is 0. The van der Waals surface area contributed by atoms with E-state index in [9.17, 15) is 4.79 Å². The van der Waals surface area contributed by atoms with Gasteiger partial charge in [-0.1, -0.05) is 11.6 Å². The summed E-state index contributed by atoms with van der Waals surface area (Å²) in [5.74, 6) is -0.0978. The minimum absolute atomic E-state index is 0.0978. The number of hydrogen-bond acceptors (Lipinski definition) is 3. The zero-order valence-electron chi connectivity index (χ0n) is 14.2. The van der Waals surface area contributed by atoms with E-state index in [4.69, 9.17) is 11.6 Å². The molecule has 1 aromatic carbocycles. The minimum Gasteiger partial charge on any atom is -0.370 e. The maximum Gasteiger partial charge on any atom is 0.251 e. The van der Waals surface area contributed by atoms with Crippen LogP contribution in [0, 0.1) is 13.8 Å². The Bertz CT molecular complexity index is 735. The average Bonchev–Trinajstić information content (AvgIpc) is 3.20. The number of imidazole rings is 1. The number of aromatic nitrogens is 2. The molecule has 24 heavy (non-hydrogen) atoms. The molecule has 128 valence electrons. The molecule has 1 N–H and O–H groups in total. The SMILES string of the molecule is Cc1ncn(CCNC(=O)c2ccc(N3CCCC3)c(Cl)c2)c1C. The summed E-state index contributed by atoms with van der Waals surface area (Å²) in [6.45, 7) is 7.35. The zero-order chi connectivity index (χ0) is 17.1. The number of rotatable bonds is 5. The van der Waals surface area contributed by atoms with E-state index in [-0.39, 0.29) is 5.91 Å². The van der Waals surface area contributed by atoms with E-state index in [1.807, 2.05) is 30.5 Å². The number of nitrogens with one attached hydrogen (secondary N) is 1. The number of nitrogens with zero attached hydrogens (tertiary/aromatic N) is 3. The van der Waals surface area contributed by atoms with Crippen LogP contribution in [0.5, 0.6) is 0 Å². The zero-order valence-corrected chi connectivity index (χ0v) is 14.9. The molecule has 2 aromatic rings. The lowest BCUT2D eigenvalue weighted by molar-refractivity contribution is 0.0952. The average molecular weight is 347 g/mol. The predicted molar refractivity (Wildman–Crippen MR) is 96.9 cm³/mol. The van der Waals surface area contributed by atoms with Crippen molar-refractivity contribution in [2.75, 3.05) is 24.5 Å². The minimum atomic E-state index is -0.0978. The molecule has 1 fully saturated rings. The molecule has 0 atom stereocenters. The van der Waals surface area contributed by atoms with Crippen LogP contribution in [-0.4, -0.2) is 35.1 Å². The van der Waals surface area contributed by atoms with Crippen LogP contribution in [0.1, 0.15) is 34.6 Å². The van der Waals surface area contributed by atoms with E-state index in [0.29, 0.717) is 23.7 Å². The molecule has 0 saturated carbocycles. The first-order chi connectivity index (χ1) is 11.6. The largest absolute Gasteiger partial charge is 0.370 e.